The molecule has 2 amide bonds. The molecule has 0 bridgehead atoms. The van der Waals surface area contributed by atoms with Gasteiger partial charge >= 0.3 is 0 Å². The Morgan fingerprint density at radius 2 is 0.977 bits per heavy atom. The first-order valence-corrected chi connectivity index (χ1v) is 15.1. The van der Waals surface area contributed by atoms with Crippen LogP contribution in [0.25, 0.3) is 0 Å². The number of carbonyl (C=O) groups excluding carboxylic acids is 2. The zero-order valence-electron chi connectivity index (χ0n) is 24.7. The molecule has 0 spiro atoms. The summed E-state index contributed by atoms with van der Waals surface area (Å²) >= 11 is 0. The third kappa shape index (κ3) is 7.39. The molecule has 43 heavy (non-hydrogen) atoms. The second-order valence-corrected chi connectivity index (χ2v) is 11.2. The molecule has 0 unspecified atom stereocenters. The van der Waals surface area contributed by atoms with E-state index < -0.39 is 12.1 Å². The van der Waals surface area contributed by atoms with Gasteiger partial charge in [0.05, 0.1) is 19.2 Å². The number of hydrogen-bond donors (Lipinski definition) is 1. The van der Waals surface area contributed by atoms with Crippen LogP contribution in [0.1, 0.15) is 72.6 Å². The standard InChI is InChI=1S/C37H40N2O4/c1-43-39(37(41)27-33(30-20-10-4-11-21-30)31-22-12-5-13-23-31)35-25-15-14-24-34(35)38(42)36(40)26-32(28-16-6-2-7-17-28)29-18-8-3-9-19-29/h2-13,16-23,32-35,42H,14-15,24-27H2,1H3/t34-,35-/m1/s1. The molecule has 1 aliphatic carbocycles. The minimum atomic E-state index is -0.566. The second-order valence-electron chi connectivity index (χ2n) is 11.2. The Labute approximate surface area is 254 Å². The van der Waals surface area contributed by atoms with Gasteiger partial charge in [-0.3, -0.25) is 19.6 Å². The molecule has 0 saturated heterocycles. The lowest BCUT2D eigenvalue weighted by atomic mass is 9.86. The third-order valence-electron chi connectivity index (χ3n) is 8.57. The highest BCUT2D eigenvalue weighted by atomic mass is 16.7. The highest BCUT2D eigenvalue weighted by Crippen LogP contribution is 2.34. The molecule has 0 aromatic heterocycles. The molecule has 4 aromatic carbocycles. The van der Waals surface area contributed by atoms with Crippen molar-refractivity contribution < 1.29 is 19.6 Å². The van der Waals surface area contributed by atoms with Crippen LogP contribution in [-0.2, 0) is 14.4 Å². The Kier molecular flexibility index (Phi) is 10.4. The molecule has 0 radical (unpaired) electrons. The zero-order chi connectivity index (χ0) is 30.0. The molecule has 6 heteroatoms. The average molecular weight is 577 g/mol. The summed E-state index contributed by atoms with van der Waals surface area (Å²) in [6.45, 7) is 0. The van der Waals surface area contributed by atoms with E-state index >= 15 is 0 Å². The van der Waals surface area contributed by atoms with Crippen molar-refractivity contribution in [3.8, 4) is 0 Å². The largest absolute Gasteiger partial charge is 0.286 e. The molecule has 1 fully saturated rings. The second kappa shape index (κ2) is 14.8. The van der Waals surface area contributed by atoms with Gasteiger partial charge in [0.15, 0.2) is 0 Å². The minimum Gasteiger partial charge on any atom is -0.286 e. The Morgan fingerprint density at radius 3 is 1.35 bits per heavy atom. The molecule has 0 aliphatic heterocycles. The molecule has 6 nitrogen and oxygen atoms in total. The van der Waals surface area contributed by atoms with Crippen molar-refractivity contribution in [3.63, 3.8) is 0 Å². The van der Waals surface area contributed by atoms with Gasteiger partial charge in [-0.15, -0.1) is 0 Å². The molecule has 1 N–H and O–H groups in total. The van der Waals surface area contributed by atoms with E-state index in [1.807, 2.05) is 121 Å². The summed E-state index contributed by atoms with van der Waals surface area (Å²) in [6.07, 6.45) is 3.27. The summed E-state index contributed by atoms with van der Waals surface area (Å²) in [5.41, 5.74) is 4.12. The number of carbonyl (C=O) groups is 2. The van der Waals surface area contributed by atoms with E-state index in [-0.39, 0.29) is 36.5 Å². The summed E-state index contributed by atoms with van der Waals surface area (Å²) in [6, 6.07) is 38.8. The Bertz CT molecular complexity index is 1350. The van der Waals surface area contributed by atoms with Crippen molar-refractivity contribution in [1.82, 2.24) is 10.1 Å². The van der Waals surface area contributed by atoms with Gasteiger partial charge < -0.3 is 0 Å². The molecule has 1 saturated carbocycles. The van der Waals surface area contributed by atoms with Crippen molar-refractivity contribution >= 4 is 11.8 Å². The van der Waals surface area contributed by atoms with Crippen molar-refractivity contribution in [2.75, 3.05) is 7.11 Å². The molecule has 5 rings (SSSR count). The fraction of sp³-hybridized carbons (Fsp3) is 0.297. The number of hydrogen-bond acceptors (Lipinski definition) is 4. The van der Waals surface area contributed by atoms with E-state index in [2.05, 4.69) is 0 Å². The highest BCUT2D eigenvalue weighted by Gasteiger charge is 2.40. The van der Waals surface area contributed by atoms with Crippen LogP contribution in [0, 0.1) is 0 Å². The quantitative estimate of drug-likeness (QED) is 0.150. The van der Waals surface area contributed by atoms with Crippen LogP contribution >= 0.6 is 0 Å². The van der Waals surface area contributed by atoms with Crippen LogP contribution in [0.2, 0.25) is 0 Å². The van der Waals surface area contributed by atoms with Gasteiger partial charge in [-0.25, -0.2) is 10.1 Å². The molecular weight excluding hydrogens is 536 g/mol. The van der Waals surface area contributed by atoms with E-state index in [0.29, 0.717) is 12.8 Å². The van der Waals surface area contributed by atoms with Crippen LogP contribution in [0.15, 0.2) is 121 Å². The van der Waals surface area contributed by atoms with Crippen molar-refractivity contribution in [3.05, 3.63) is 144 Å². The maximum atomic E-state index is 13.9. The molecular formula is C37H40N2O4. The van der Waals surface area contributed by atoms with Gasteiger partial charge in [0.2, 0.25) is 11.8 Å². The summed E-state index contributed by atoms with van der Waals surface area (Å²) in [5.74, 6) is -0.905. The number of rotatable bonds is 11. The van der Waals surface area contributed by atoms with Gasteiger partial charge in [0.25, 0.3) is 0 Å². The SMILES string of the molecule is CON(C(=O)CC(c1ccccc1)c1ccccc1)[C@@H]1CCCC[C@H]1N(O)C(=O)CC(c1ccccc1)c1ccccc1. The number of benzene rings is 4. The Morgan fingerprint density at radius 1 is 0.628 bits per heavy atom. The van der Waals surface area contributed by atoms with Crippen molar-refractivity contribution in [2.45, 2.75) is 62.4 Å². The maximum Gasteiger partial charge on any atom is 0.247 e. The van der Waals surface area contributed by atoms with Gasteiger partial charge in [-0.05, 0) is 35.1 Å². The molecule has 2 atom stereocenters. The zero-order valence-corrected chi connectivity index (χ0v) is 24.7. The van der Waals surface area contributed by atoms with Crippen LogP contribution in [0.4, 0.5) is 0 Å². The lowest BCUT2D eigenvalue weighted by molar-refractivity contribution is -0.222. The fourth-order valence-corrected chi connectivity index (χ4v) is 6.39. The van der Waals surface area contributed by atoms with E-state index in [4.69, 9.17) is 4.84 Å². The summed E-state index contributed by atoms with van der Waals surface area (Å²) in [7, 11) is 1.49. The van der Waals surface area contributed by atoms with Crippen LogP contribution < -0.4 is 0 Å². The highest BCUT2D eigenvalue weighted by molar-refractivity contribution is 5.79. The molecule has 1 aliphatic rings. The van der Waals surface area contributed by atoms with E-state index in [9.17, 15) is 14.8 Å². The minimum absolute atomic E-state index is 0.110. The lowest BCUT2D eigenvalue weighted by Crippen LogP contribution is -2.55. The number of amides is 2. The van der Waals surface area contributed by atoms with Crippen LogP contribution in [0.3, 0.4) is 0 Å². The van der Waals surface area contributed by atoms with E-state index in [1.54, 1.807) is 0 Å². The predicted molar refractivity (Wildman–Crippen MR) is 167 cm³/mol. The van der Waals surface area contributed by atoms with Gasteiger partial charge in [0.1, 0.15) is 0 Å². The first-order valence-electron chi connectivity index (χ1n) is 15.1. The summed E-state index contributed by atoms with van der Waals surface area (Å²) in [4.78, 5) is 33.4. The van der Waals surface area contributed by atoms with Crippen LogP contribution in [-0.4, -0.2) is 46.3 Å². The summed E-state index contributed by atoms with van der Waals surface area (Å²) < 4.78 is 0. The molecule has 0 heterocycles. The van der Waals surface area contributed by atoms with Gasteiger partial charge in [-0.2, -0.15) is 0 Å². The number of hydroxylamine groups is 4. The lowest BCUT2D eigenvalue weighted by Gasteiger charge is -2.41. The van der Waals surface area contributed by atoms with Crippen molar-refractivity contribution in [2.24, 2.45) is 0 Å². The fourth-order valence-electron chi connectivity index (χ4n) is 6.39. The molecule has 222 valence electrons. The third-order valence-corrected chi connectivity index (χ3v) is 8.57. The molecule has 4 aromatic rings. The average Bonchev–Trinajstić information content (AvgIpc) is 3.08. The van der Waals surface area contributed by atoms with Crippen molar-refractivity contribution in [1.29, 1.82) is 0 Å². The Balaban J connectivity index is 1.35. The summed E-state index contributed by atoms with van der Waals surface area (Å²) in [5, 5.41) is 13.7. The van der Waals surface area contributed by atoms with Gasteiger partial charge in [0, 0.05) is 24.7 Å². The Hall–Kier alpha value is -4.26. The predicted octanol–water partition coefficient (Wildman–Crippen LogP) is 7.35. The number of nitrogens with zero attached hydrogens (tertiary/aromatic N) is 2. The van der Waals surface area contributed by atoms with E-state index in [1.165, 1.54) is 12.2 Å². The first-order chi connectivity index (χ1) is 21.1. The van der Waals surface area contributed by atoms with Gasteiger partial charge in [-0.1, -0.05) is 134 Å². The normalized spacial score (nSPS) is 16.7. The topological polar surface area (TPSA) is 70.1 Å². The monoisotopic (exact) mass is 576 g/mol. The van der Waals surface area contributed by atoms with Crippen LogP contribution in [0.5, 0.6) is 0 Å². The van der Waals surface area contributed by atoms with E-state index in [0.717, 1.165) is 40.2 Å². The first kappa shape index (κ1) is 30.2. The smallest absolute Gasteiger partial charge is 0.247 e. The maximum absolute atomic E-state index is 13.9.